The Morgan fingerprint density at radius 1 is 1.06 bits per heavy atom. The summed E-state index contributed by atoms with van der Waals surface area (Å²) < 4.78 is 0. The third kappa shape index (κ3) is 7.52. The van der Waals surface area contributed by atoms with Crippen molar-refractivity contribution in [3.63, 3.8) is 0 Å². The molecule has 1 fully saturated rings. The molecular weight excluding hydrogens is 448 g/mol. The van der Waals surface area contributed by atoms with E-state index in [0.29, 0.717) is 18.4 Å². The quantitative estimate of drug-likeness (QED) is 0.206. The van der Waals surface area contributed by atoms with Crippen LogP contribution in [-0.2, 0) is 30.4 Å². The summed E-state index contributed by atoms with van der Waals surface area (Å²) in [6.07, 6.45) is 0.0746. The fraction of sp³-hybridized carbons (Fsp3) is 0.500. The Labute approximate surface area is 196 Å². The molecule has 0 aromatic heterocycles. The van der Waals surface area contributed by atoms with Crippen LogP contribution in [0.15, 0.2) is 30.3 Å². The SMILES string of the molecule is NC(CO)C(=O)N1CCCC1C(=O)NC(CCC(=O)O)C(=O)NC(Cc1ccccc1)C(=O)O. The summed E-state index contributed by atoms with van der Waals surface area (Å²) in [5.74, 6) is -4.62. The highest BCUT2D eigenvalue weighted by Gasteiger charge is 2.37. The van der Waals surface area contributed by atoms with E-state index in [-0.39, 0.29) is 19.4 Å². The molecule has 0 spiro atoms. The van der Waals surface area contributed by atoms with Crippen LogP contribution in [0.25, 0.3) is 0 Å². The third-order valence-corrected chi connectivity index (χ3v) is 5.53. The van der Waals surface area contributed by atoms with Crippen LogP contribution in [-0.4, -0.2) is 87.2 Å². The van der Waals surface area contributed by atoms with Crippen LogP contribution in [0.1, 0.15) is 31.2 Å². The second-order valence-electron chi connectivity index (χ2n) is 8.06. The summed E-state index contributed by atoms with van der Waals surface area (Å²) in [4.78, 5) is 62.1. The lowest BCUT2D eigenvalue weighted by Gasteiger charge is -2.28. The van der Waals surface area contributed by atoms with Crippen molar-refractivity contribution in [1.29, 1.82) is 0 Å². The molecule has 0 saturated carbocycles. The van der Waals surface area contributed by atoms with Gasteiger partial charge in [-0.15, -0.1) is 0 Å². The first-order chi connectivity index (χ1) is 16.1. The first-order valence-electron chi connectivity index (χ1n) is 10.9. The van der Waals surface area contributed by atoms with Gasteiger partial charge in [-0.1, -0.05) is 30.3 Å². The Balaban J connectivity index is 2.12. The van der Waals surface area contributed by atoms with Crippen LogP contribution in [0.2, 0.25) is 0 Å². The zero-order chi connectivity index (χ0) is 25.3. The first-order valence-corrected chi connectivity index (χ1v) is 10.9. The van der Waals surface area contributed by atoms with Crippen LogP contribution in [0.4, 0.5) is 0 Å². The van der Waals surface area contributed by atoms with E-state index in [4.69, 9.17) is 15.9 Å². The third-order valence-electron chi connectivity index (χ3n) is 5.53. The predicted molar refractivity (Wildman–Crippen MR) is 118 cm³/mol. The Morgan fingerprint density at radius 3 is 2.32 bits per heavy atom. The molecule has 34 heavy (non-hydrogen) atoms. The highest BCUT2D eigenvalue weighted by Crippen LogP contribution is 2.19. The molecule has 186 valence electrons. The van der Waals surface area contributed by atoms with Gasteiger partial charge in [0.25, 0.3) is 0 Å². The largest absolute Gasteiger partial charge is 0.481 e. The van der Waals surface area contributed by atoms with Gasteiger partial charge < -0.3 is 36.6 Å². The number of carbonyl (C=O) groups excluding carboxylic acids is 3. The average Bonchev–Trinajstić information content (AvgIpc) is 3.30. The first kappa shape index (κ1) is 26.7. The summed E-state index contributed by atoms with van der Waals surface area (Å²) >= 11 is 0. The molecule has 1 heterocycles. The van der Waals surface area contributed by atoms with E-state index in [1.54, 1.807) is 30.3 Å². The molecule has 0 aliphatic carbocycles. The molecule has 1 aromatic carbocycles. The van der Waals surface area contributed by atoms with Crippen molar-refractivity contribution < 1.29 is 39.3 Å². The van der Waals surface area contributed by atoms with Gasteiger partial charge >= 0.3 is 11.9 Å². The number of nitrogens with two attached hydrogens (primary N) is 1. The maximum Gasteiger partial charge on any atom is 0.326 e. The minimum absolute atomic E-state index is 0.00847. The highest BCUT2D eigenvalue weighted by molar-refractivity contribution is 5.94. The van der Waals surface area contributed by atoms with Crippen LogP contribution in [0.5, 0.6) is 0 Å². The van der Waals surface area contributed by atoms with E-state index >= 15 is 0 Å². The fourth-order valence-corrected chi connectivity index (χ4v) is 3.72. The Bertz CT molecular complexity index is 894. The summed E-state index contributed by atoms with van der Waals surface area (Å²) in [5.41, 5.74) is 6.25. The second kappa shape index (κ2) is 12.7. The molecule has 12 heteroatoms. The maximum atomic E-state index is 12.9. The molecule has 2 rings (SSSR count). The number of rotatable bonds is 12. The van der Waals surface area contributed by atoms with Crippen LogP contribution >= 0.6 is 0 Å². The second-order valence-corrected chi connectivity index (χ2v) is 8.06. The number of nitrogens with zero attached hydrogens (tertiary/aromatic N) is 1. The number of carboxylic acid groups (broad SMARTS) is 2. The van der Waals surface area contributed by atoms with Gasteiger partial charge in [-0.3, -0.25) is 19.2 Å². The summed E-state index contributed by atoms with van der Waals surface area (Å²) in [6.45, 7) is -0.347. The van der Waals surface area contributed by atoms with E-state index in [2.05, 4.69) is 10.6 Å². The monoisotopic (exact) mass is 478 g/mol. The molecule has 12 nitrogen and oxygen atoms in total. The zero-order valence-corrected chi connectivity index (χ0v) is 18.6. The number of hydrogen-bond donors (Lipinski definition) is 6. The number of amides is 3. The lowest BCUT2D eigenvalue weighted by atomic mass is 10.0. The zero-order valence-electron chi connectivity index (χ0n) is 18.6. The number of aliphatic hydroxyl groups excluding tert-OH is 1. The highest BCUT2D eigenvalue weighted by atomic mass is 16.4. The molecule has 3 amide bonds. The van der Waals surface area contributed by atoms with E-state index in [1.807, 2.05) is 0 Å². The van der Waals surface area contributed by atoms with Crippen molar-refractivity contribution in [1.82, 2.24) is 15.5 Å². The topological polar surface area (TPSA) is 199 Å². The Morgan fingerprint density at radius 2 is 1.74 bits per heavy atom. The van der Waals surface area contributed by atoms with Gasteiger partial charge in [0.1, 0.15) is 24.2 Å². The van der Waals surface area contributed by atoms with E-state index in [9.17, 15) is 29.1 Å². The maximum absolute atomic E-state index is 12.9. The molecule has 1 aliphatic heterocycles. The molecule has 0 bridgehead atoms. The van der Waals surface area contributed by atoms with E-state index in [1.165, 1.54) is 4.90 Å². The van der Waals surface area contributed by atoms with Crippen LogP contribution in [0, 0.1) is 0 Å². The summed E-state index contributed by atoms with van der Waals surface area (Å²) in [6, 6.07) is 3.87. The number of nitrogens with one attached hydrogen (secondary N) is 2. The van der Waals surface area contributed by atoms with Crippen LogP contribution in [0.3, 0.4) is 0 Å². The lowest BCUT2D eigenvalue weighted by molar-refractivity contribution is -0.143. The molecule has 4 unspecified atom stereocenters. The molecule has 4 atom stereocenters. The number of aliphatic carboxylic acids is 2. The van der Waals surface area contributed by atoms with Gasteiger partial charge in [-0.05, 0) is 24.8 Å². The fourth-order valence-electron chi connectivity index (χ4n) is 3.72. The number of hydrogen-bond acceptors (Lipinski definition) is 7. The minimum atomic E-state index is -1.33. The average molecular weight is 479 g/mol. The number of benzene rings is 1. The molecule has 1 saturated heterocycles. The summed E-state index contributed by atoms with van der Waals surface area (Å²) in [5, 5.41) is 32.5. The Hall–Kier alpha value is -3.51. The van der Waals surface area contributed by atoms with Gasteiger partial charge in [-0.25, -0.2) is 4.79 Å². The van der Waals surface area contributed by atoms with Gasteiger partial charge in [0.15, 0.2) is 0 Å². The number of aliphatic hydroxyl groups is 1. The summed E-state index contributed by atoms with van der Waals surface area (Å²) in [7, 11) is 0. The van der Waals surface area contributed by atoms with Gasteiger partial charge in [0.05, 0.1) is 6.61 Å². The molecular formula is C22H30N4O8. The van der Waals surface area contributed by atoms with Crippen molar-refractivity contribution in [2.24, 2.45) is 5.73 Å². The van der Waals surface area contributed by atoms with E-state index in [0.717, 1.165) is 0 Å². The number of likely N-dealkylation sites (tertiary alicyclic amines) is 1. The van der Waals surface area contributed by atoms with Gasteiger partial charge in [0.2, 0.25) is 17.7 Å². The number of carboxylic acids is 2. The van der Waals surface area contributed by atoms with Crippen molar-refractivity contribution in [2.75, 3.05) is 13.2 Å². The number of carbonyl (C=O) groups is 5. The Kier molecular flexibility index (Phi) is 9.95. The standard InChI is InChI=1S/C22H30N4O8/c23-14(12-27)21(32)26-10-4-7-17(26)20(31)24-15(8-9-18(28)29)19(30)25-16(22(33)34)11-13-5-2-1-3-6-13/h1-3,5-6,14-17,27H,4,7-12,23H2,(H,24,31)(H,25,30)(H,28,29)(H,33,34). The van der Waals surface area contributed by atoms with Crippen molar-refractivity contribution in [3.05, 3.63) is 35.9 Å². The van der Waals surface area contributed by atoms with E-state index < -0.39 is 66.9 Å². The predicted octanol–water partition coefficient (Wildman–Crippen LogP) is -1.54. The molecule has 1 aliphatic rings. The molecule has 0 radical (unpaired) electrons. The van der Waals surface area contributed by atoms with Gasteiger partial charge in [0, 0.05) is 19.4 Å². The van der Waals surface area contributed by atoms with Crippen molar-refractivity contribution in [2.45, 2.75) is 56.3 Å². The lowest BCUT2D eigenvalue weighted by Crippen LogP contribution is -2.57. The van der Waals surface area contributed by atoms with Crippen LogP contribution < -0.4 is 16.4 Å². The smallest absolute Gasteiger partial charge is 0.326 e. The molecule has 1 aromatic rings. The van der Waals surface area contributed by atoms with Crippen molar-refractivity contribution >= 4 is 29.7 Å². The molecule has 7 N–H and O–H groups in total. The normalized spacial score (nSPS) is 17.9. The van der Waals surface area contributed by atoms with Gasteiger partial charge in [-0.2, -0.15) is 0 Å². The van der Waals surface area contributed by atoms with Crippen molar-refractivity contribution in [3.8, 4) is 0 Å². The minimum Gasteiger partial charge on any atom is -0.481 e.